The van der Waals surface area contributed by atoms with Crippen molar-refractivity contribution < 1.29 is 14.7 Å². The van der Waals surface area contributed by atoms with Crippen molar-refractivity contribution in [1.29, 1.82) is 0 Å². The van der Waals surface area contributed by atoms with Crippen molar-refractivity contribution >= 4 is 18.0 Å². The third-order valence-corrected chi connectivity index (χ3v) is 2.60. The molecular formula is C14H18N2O3. The van der Waals surface area contributed by atoms with Crippen molar-refractivity contribution in [3.63, 3.8) is 0 Å². The van der Waals surface area contributed by atoms with Crippen molar-refractivity contribution in [1.82, 2.24) is 10.3 Å². The van der Waals surface area contributed by atoms with Crippen LogP contribution in [0.15, 0.2) is 24.5 Å². The summed E-state index contributed by atoms with van der Waals surface area (Å²) in [5.41, 5.74) is 0.918. The first kappa shape index (κ1) is 14.9. The molecule has 0 spiro atoms. The van der Waals surface area contributed by atoms with E-state index in [0.717, 1.165) is 18.9 Å². The summed E-state index contributed by atoms with van der Waals surface area (Å²) in [6.07, 6.45) is 7.23. The second-order valence-corrected chi connectivity index (χ2v) is 4.30. The Bertz CT molecular complexity index is 483. The highest BCUT2D eigenvalue weighted by Crippen LogP contribution is 2.10. The van der Waals surface area contributed by atoms with Crippen LogP contribution in [0.25, 0.3) is 6.08 Å². The lowest BCUT2D eigenvalue weighted by Gasteiger charge is -2.13. The van der Waals surface area contributed by atoms with Gasteiger partial charge in [0.2, 0.25) is 0 Å². The van der Waals surface area contributed by atoms with Gasteiger partial charge in [0.05, 0.1) is 0 Å². The maximum atomic E-state index is 12.1. The van der Waals surface area contributed by atoms with Crippen molar-refractivity contribution in [3.8, 4) is 0 Å². The largest absolute Gasteiger partial charge is 0.478 e. The Morgan fingerprint density at radius 3 is 2.89 bits per heavy atom. The number of hydrogen-bond donors (Lipinski definition) is 2. The van der Waals surface area contributed by atoms with Gasteiger partial charge in [0.1, 0.15) is 0 Å². The molecule has 0 aliphatic carbocycles. The summed E-state index contributed by atoms with van der Waals surface area (Å²) in [5, 5.41) is 11.5. The smallest absolute Gasteiger partial charge is 0.328 e. The van der Waals surface area contributed by atoms with Gasteiger partial charge in [-0.05, 0) is 25.5 Å². The molecule has 0 aliphatic rings. The third-order valence-electron chi connectivity index (χ3n) is 2.60. The average molecular weight is 262 g/mol. The van der Waals surface area contributed by atoms with Gasteiger partial charge >= 0.3 is 5.97 Å². The molecule has 0 saturated heterocycles. The molecule has 2 N–H and O–H groups in total. The molecular weight excluding hydrogens is 244 g/mol. The van der Waals surface area contributed by atoms with Gasteiger partial charge in [-0.3, -0.25) is 9.78 Å². The highest BCUT2D eigenvalue weighted by molar-refractivity contribution is 5.98. The third kappa shape index (κ3) is 4.91. The molecule has 0 radical (unpaired) electrons. The van der Waals surface area contributed by atoms with Crippen LogP contribution in [0.3, 0.4) is 0 Å². The highest BCUT2D eigenvalue weighted by Gasteiger charge is 2.12. The molecule has 0 bridgehead atoms. The zero-order chi connectivity index (χ0) is 14.3. The molecule has 0 fully saturated rings. The second-order valence-electron chi connectivity index (χ2n) is 4.30. The Labute approximate surface area is 112 Å². The molecule has 1 unspecified atom stereocenters. The fraction of sp³-hybridized carbons (Fsp3) is 0.357. The summed E-state index contributed by atoms with van der Waals surface area (Å²) < 4.78 is 0. The molecule has 5 nitrogen and oxygen atoms in total. The van der Waals surface area contributed by atoms with Crippen LogP contribution < -0.4 is 5.32 Å². The first-order valence-corrected chi connectivity index (χ1v) is 6.20. The van der Waals surface area contributed by atoms with Crippen LogP contribution in [0.5, 0.6) is 0 Å². The summed E-state index contributed by atoms with van der Waals surface area (Å²) in [7, 11) is 0. The van der Waals surface area contributed by atoms with E-state index < -0.39 is 5.97 Å². The van der Waals surface area contributed by atoms with Gasteiger partial charge in [-0.1, -0.05) is 13.3 Å². The number of carbonyl (C=O) groups excluding carboxylic acids is 1. The Morgan fingerprint density at radius 1 is 1.53 bits per heavy atom. The minimum absolute atomic E-state index is 0.0852. The minimum atomic E-state index is -1.06. The lowest BCUT2D eigenvalue weighted by molar-refractivity contribution is -0.131. The van der Waals surface area contributed by atoms with E-state index in [2.05, 4.69) is 17.2 Å². The molecule has 1 aromatic heterocycles. The van der Waals surface area contributed by atoms with Crippen LogP contribution in [-0.2, 0) is 4.79 Å². The van der Waals surface area contributed by atoms with E-state index in [1.807, 2.05) is 6.92 Å². The van der Waals surface area contributed by atoms with Crippen molar-refractivity contribution in [3.05, 3.63) is 35.7 Å². The number of nitrogens with one attached hydrogen (secondary N) is 1. The topological polar surface area (TPSA) is 79.3 Å². The molecule has 1 atom stereocenters. The van der Waals surface area contributed by atoms with Gasteiger partial charge in [0.25, 0.3) is 5.91 Å². The van der Waals surface area contributed by atoms with E-state index in [4.69, 9.17) is 5.11 Å². The quantitative estimate of drug-likeness (QED) is 0.769. The van der Waals surface area contributed by atoms with E-state index >= 15 is 0 Å². The van der Waals surface area contributed by atoms with E-state index in [0.29, 0.717) is 11.1 Å². The fourth-order valence-electron chi connectivity index (χ4n) is 1.71. The van der Waals surface area contributed by atoms with Crippen LogP contribution >= 0.6 is 0 Å². The van der Waals surface area contributed by atoms with Crippen LogP contribution in [0.2, 0.25) is 0 Å². The number of hydrogen-bond acceptors (Lipinski definition) is 3. The summed E-state index contributed by atoms with van der Waals surface area (Å²) in [6.45, 7) is 3.99. The Balaban J connectivity index is 2.87. The van der Waals surface area contributed by atoms with Gasteiger partial charge in [0.15, 0.2) is 0 Å². The Kier molecular flexibility index (Phi) is 5.73. The number of carbonyl (C=O) groups is 2. The van der Waals surface area contributed by atoms with Crippen molar-refractivity contribution in [2.45, 2.75) is 32.7 Å². The average Bonchev–Trinajstić information content (AvgIpc) is 2.36. The predicted molar refractivity (Wildman–Crippen MR) is 72.7 cm³/mol. The molecule has 1 heterocycles. The van der Waals surface area contributed by atoms with Crippen LogP contribution in [0.1, 0.15) is 42.6 Å². The number of amides is 1. The highest BCUT2D eigenvalue weighted by atomic mass is 16.4. The monoisotopic (exact) mass is 262 g/mol. The molecule has 0 aromatic carbocycles. The van der Waals surface area contributed by atoms with E-state index in [1.165, 1.54) is 18.5 Å². The van der Waals surface area contributed by atoms with E-state index in [9.17, 15) is 9.59 Å². The maximum absolute atomic E-state index is 12.1. The molecule has 1 aromatic rings. The number of nitrogens with zero attached hydrogens (tertiary/aromatic N) is 1. The Hall–Kier alpha value is -2.17. The predicted octanol–water partition coefficient (Wildman–Crippen LogP) is 2.10. The SMILES string of the molecule is CCCC(C)NC(=O)c1ccncc1C=CC(=O)O. The number of aromatic nitrogens is 1. The van der Waals surface area contributed by atoms with Crippen LogP contribution in [0.4, 0.5) is 0 Å². The molecule has 1 amide bonds. The van der Waals surface area contributed by atoms with Gasteiger partial charge in [-0.2, -0.15) is 0 Å². The number of pyridine rings is 1. The molecule has 102 valence electrons. The molecule has 0 aliphatic heterocycles. The Morgan fingerprint density at radius 2 is 2.26 bits per heavy atom. The number of aliphatic carboxylic acids is 1. The lowest BCUT2D eigenvalue weighted by atomic mass is 10.1. The van der Waals surface area contributed by atoms with E-state index in [-0.39, 0.29) is 11.9 Å². The minimum Gasteiger partial charge on any atom is -0.478 e. The van der Waals surface area contributed by atoms with Gasteiger partial charge in [0, 0.05) is 35.6 Å². The van der Waals surface area contributed by atoms with Crippen molar-refractivity contribution in [2.75, 3.05) is 0 Å². The number of rotatable bonds is 6. The summed E-state index contributed by atoms with van der Waals surface area (Å²) in [6, 6.07) is 1.66. The van der Waals surface area contributed by atoms with Gasteiger partial charge < -0.3 is 10.4 Å². The fourth-order valence-corrected chi connectivity index (χ4v) is 1.71. The first-order valence-electron chi connectivity index (χ1n) is 6.20. The van der Waals surface area contributed by atoms with Crippen LogP contribution in [-0.4, -0.2) is 28.0 Å². The van der Waals surface area contributed by atoms with Gasteiger partial charge in [-0.15, -0.1) is 0 Å². The molecule has 19 heavy (non-hydrogen) atoms. The summed E-state index contributed by atoms with van der Waals surface area (Å²) in [5.74, 6) is -1.28. The van der Waals surface area contributed by atoms with Gasteiger partial charge in [-0.25, -0.2) is 4.79 Å². The van der Waals surface area contributed by atoms with E-state index in [1.54, 1.807) is 6.07 Å². The maximum Gasteiger partial charge on any atom is 0.328 e. The molecule has 0 saturated carbocycles. The molecule has 5 heteroatoms. The van der Waals surface area contributed by atoms with Crippen LogP contribution in [0, 0.1) is 0 Å². The summed E-state index contributed by atoms with van der Waals surface area (Å²) in [4.78, 5) is 26.5. The number of carboxylic acid groups (broad SMARTS) is 1. The zero-order valence-electron chi connectivity index (χ0n) is 11.1. The second kappa shape index (κ2) is 7.31. The zero-order valence-corrected chi connectivity index (χ0v) is 11.1. The molecule has 1 rings (SSSR count). The summed E-state index contributed by atoms with van der Waals surface area (Å²) >= 11 is 0. The standard InChI is InChI=1S/C14H18N2O3/c1-3-4-10(2)16-14(19)12-7-8-15-9-11(12)5-6-13(17)18/h5-10H,3-4H2,1-2H3,(H,16,19)(H,17,18). The first-order chi connectivity index (χ1) is 9.04. The van der Waals surface area contributed by atoms with Crippen molar-refractivity contribution in [2.24, 2.45) is 0 Å². The normalized spacial score (nSPS) is 12.3. The number of carboxylic acids is 1. The lowest BCUT2D eigenvalue weighted by Crippen LogP contribution is -2.32.